The maximum atomic E-state index is 13.2. The van der Waals surface area contributed by atoms with Crippen molar-refractivity contribution >= 4 is 45.1 Å². The molecule has 1 heterocycles. The zero-order valence-electron chi connectivity index (χ0n) is 16.0. The summed E-state index contributed by atoms with van der Waals surface area (Å²) in [5.41, 5.74) is 2.40. The van der Waals surface area contributed by atoms with Crippen molar-refractivity contribution < 1.29 is 13.2 Å². The lowest BCUT2D eigenvalue weighted by Gasteiger charge is -2.24. The minimum absolute atomic E-state index is 0.150. The van der Waals surface area contributed by atoms with Crippen molar-refractivity contribution in [3.63, 3.8) is 0 Å². The number of carbonyl (C=O) groups is 1. The van der Waals surface area contributed by atoms with Crippen LogP contribution in [0.5, 0.6) is 0 Å². The van der Waals surface area contributed by atoms with Crippen LogP contribution in [-0.2, 0) is 21.2 Å². The fourth-order valence-corrected chi connectivity index (χ4v) is 4.67. The van der Waals surface area contributed by atoms with Crippen molar-refractivity contribution in [2.24, 2.45) is 0 Å². The summed E-state index contributed by atoms with van der Waals surface area (Å²) in [6, 6.07) is 14.0. The van der Waals surface area contributed by atoms with E-state index in [1.165, 1.54) is 16.4 Å². The largest absolute Gasteiger partial charge is 0.332 e. The number of nitrogens with one attached hydrogen (secondary N) is 2. The second-order valence-corrected chi connectivity index (χ2v) is 8.17. The maximum Gasteiger partial charge on any atom is 0.264 e. The smallest absolute Gasteiger partial charge is 0.264 e. The first kappa shape index (κ1) is 21.8. The van der Waals surface area contributed by atoms with Gasteiger partial charge in [-0.2, -0.15) is 0 Å². The van der Waals surface area contributed by atoms with Gasteiger partial charge in [0.1, 0.15) is 0 Å². The van der Waals surface area contributed by atoms with E-state index in [4.69, 9.17) is 12.2 Å². The highest BCUT2D eigenvalue weighted by Crippen LogP contribution is 2.31. The van der Waals surface area contributed by atoms with Crippen LogP contribution in [0.25, 0.3) is 0 Å². The normalized spacial score (nSPS) is 13.3. The Balaban J connectivity index is 0.00000136. The zero-order valence-corrected chi connectivity index (χ0v) is 17.6. The maximum absolute atomic E-state index is 13.2. The number of anilines is 2. The highest BCUT2D eigenvalue weighted by Gasteiger charge is 2.27. The Morgan fingerprint density at radius 3 is 2.43 bits per heavy atom. The van der Waals surface area contributed by atoms with Gasteiger partial charge in [0.05, 0.1) is 10.6 Å². The molecule has 0 aliphatic carbocycles. The van der Waals surface area contributed by atoms with E-state index < -0.39 is 10.0 Å². The Labute approximate surface area is 172 Å². The van der Waals surface area contributed by atoms with Crippen molar-refractivity contribution in [2.45, 2.75) is 38.0 Å². The minimum Gasteiger partial charge on any atom is -0.332 e. The number of rotatable bonds is 4. The van der Waals surface area contributed by atoms with Gasteiger partial charge in [-0.05, 0) is 67.4 Å². The van der Waals surface area contributed by atoms with Crippen LogP contribution in [-0.4, -0.2) is 26.5 Å². The molecule has 6 nitrogen and oxygen atoms in total. The Kier molecular flexibility index (Phi) is 7.95. The Bertz CT molecular complexity index is 913. The van der Waals surface area contributed by atoms with Gasteiger partial charge in [0.2, 0.25) is 6.41 Å². The summed E-state index contributed by atoms with van der Waals surface area (Å²) in [5, 5.41) is 5.28. The first-order valence-corrected chi connectivity index (χ1v) is 11.1. The number of thiocarbonyl (C=S) groups is 1. The number of aryl methyl sites for hydroxylation is 1. The topological polar surface area (TPSA) is 78.5 Å². The number of para-hydroxylation sites is 1. The van der Waals surface area contributed by atoms with Gasteiger partial charge in [-0.15, -0.1) is 0 Å². The third-order valence-electron chi connectivity index (χ3n) is 4.21. The summed E-state index contributed by atoms with van der Waals surface area (Å²) in [6.07, 6.45) is 3.14. The molecule has 0 saturated heterocycles. The van der Waals surface area contributed by atoms with Gasteiger partial charge in [0.25, 0.3) is 10.0 Å². The molecule has 2 N–H and O–H groups in total. The van der Waals surface area contributed by atoms with Crippen LogP contribution >= 0.6 is 12.2 Å². The summed E-state index contributed by atoms with van der Waals surface area (Å²) in [6.45, 7) is 4.46. The molecule has 0 radical (unpaired) electrons. The zero-order chi connectivity index (χ0) is 20.6. The fraction of sp³-hybridized carbons (Fsp3) is 0.300. The van der Waals surface area contributed by atoms with Crippen molar-refractivity contribution in [1.29, 1.82) is 0 Å². The van der Waals surface area contributed by atoms with Crippen molar-refractivity contribution in [3.05, 3.63) is 54.1 Å². The quantitative estimate of drug-likeness (QED) is 0.584. The monoisotopic (exact) mass is 419 g/mol. The molecule has 150 valence electrons. The van der Waals surface area contributed by atoms with Crippen LogP contribution in [0.3, 0.4) is 0 Å². The van der Waals surface area contributed by atoms with Gasteiger partial charge in [-0.1, -0.05) is 32.0 Å². The van der Waals surface area contributed by atoms with E-state index in [9.17, 15) is 13.2 Å². The van der Waals surface area contributed by atoms with Gasteiger partial charge >= 0.3 is 0 Å². The van der Waals surface area contributed by atoms with E-state index in [-0.39, 0.29) is 10.0 Å². The SMILES string of the molecule is CC.O=CNC(=S)Nc1ccc(S(=O)(=O)N2CCCCc3ccccc32)cc1. The first-order valence-electron chi connectivity index (χ1n) is 9.24. The third kappa shape index (κ3) is 5.08. The predicted octanol–water partition coefficient (Wildman–Crippen LogP) is 3.69. The number of hydrogen-bond acceptors (Lipinski definition) is 4. The van der Waals surface area contributed by atoms with E-state index in [1.54, 1.807) is 12.1 Å². The Hall–Kier alpha value is -2.45. The number of amides is 1. The van der Waals surface area contributed by atoms with Crippen LogP contribution in [0.4, 0.5) is 11.4 Å². The van der Waals surface area contributed by atoms with Gasteiger partial charge in [0, 0.05) is 12.2 Å². The van der Waals surface area contributed by atoms with Crippen molar-refractivity contribution in [2.75, 3.05) is 16.2 Å². The Morgan fingerprint density at radius 1 is 1.07 bits per heavy atom. The summed E-state index contributed by atoms with van der Waals surface area (Å²) in [4.78, 5) is 10.6. The molecule has 3 rings (SSSR count). The molecule has 0 aromatic heterocycles. The molecule has 1 aliphatic rings. The lowest BCUT2D eigenvalue weighted by Crippen LogP contribution is -2.32. The van der Waals surface area contributed by atoms with E-state index >= 15 is 0 Å². The second-order valence-electron chi connectivity index (χ2n) is 5.90. The molecule has 0 fully saturated rings. The van der Waals surface area contributed by atoms with Gasteiger partial charge < -0.3 is 10.6 Å². The van der Waals surface area contributed by atoms with E-state index in [2.05, 4.69) is 10.6 Å². The molecular formula is C20H25N3O3S2. The molecular weight excluding hydrogens is 394 g/mol. The van der Waals surface area contributed by atoms with Gasteiger partial charge in [-0.3, -0.25) is 9.10 Å². The number of benzene rings is 2. The first-order chi connectivity index (χ1) is 13.5. The molecule has 0 atom stereocenters. The third-order valence-corrected chi connectivity index (χ3v) is 6.26. The molecule has 28 heavy (non-hydrogen) atoms. The van der Waals surface area contributed by atoms with Crippen molar-refractivity contribution in [3.8, 4) is 0 Å². The highest BCUT2D eigenvalue weighted by atomic mass is 32.2. The summed E-state index contributed by atoms with van der Waals surface area (Å²) < 4.78 is 27.8. The number of carbonyl (C=O) groups excluding carboxylic acids is 1. The van der Waals surface area contributed by atoms with Crippen LogP contribution in [0, 0.1) is 0 Å². The second kappa shape index (κ2) is 10.2. The molecule has 8 heteroatoms. The summed E-state index contributed by atoms with van der Waals surface area (Å²) in [7, 11) is -3.65. The molecule has 2 aromatic rings. The number of hydrogen-bond donors (Lipinski definition) is 2. The minimum atomic E-state index is -3.65. The molecule has 0 unspecified atom stereocenters. The number of sulfonamides is 1. The van der Waals surface area contributed by atoms with Gasteiger partial charge in [0.15, 0.2) is 5.11 Å². The molecule has 0 saturated carbocycles. The van der Waals surface area contributed by atoms with Crippen molar-refractivity contribution in [1.82, 2.24) is 5.32 Å². The number of fused-ring (bicyclic) bond motifs is 1. The van der Waals surface area contributed by atoms with Gasteiger partial charge in [-0.25, -0.2) is 8.42 Å². The lowest BCUT2D eigenvalue weighted by molar-refractivity contribution is -0.108. The van der Waals surface area contributed by atoms with Crippen LogP contribution < -0.4 is 14.9 Å². The van der Waals surface area contributed by atoms with E-state index in [1.807, 2.05) is 38.1 Å². The predicted molar refractivity (Wildman–Crippen MR) is 117 cm³/mol. The van der Waals surface area contributed by atoms with E-state index in [0.29, 0.717) is 18.6 Å². The average Bonchev–Trinajstić information content (AvgIpc) is 2.93. The molecule has 2 aromatic carbocycles. The van der Waals surface area contributed by atoms with Crippen LogP contribution in [0.1, 0.15) is 32.3 Å². The van der Waals surface area contributed by atoms with Crippen LogP contribution in [0.2, 0.25) is 0 Å². The molecule has 1 amide bonds. The number of nitrogens with zero attached hydrogens (tertiary/aromatic N) is 1. The standard InChI is InChI=1S/C18H19N3O3S2.C2H6/c22-13-19-18(25)20-15-8-10-16(11-9-15)26(23,24)21-12-4-3-6-14-5-1-2-7-17(14)21;1-2/h1-2,5,7-11,13H,3-4,6,12H2,(H2,19,20,22,25);1-2H3. The Morgan fingerprint density at radius 2 is 1.75 bits per heavy atom. The molecule has 1 aliphatic heterocycles. The average molecular weight is 420 g/mol. The van der Waals surface area contributed by atoms with Crippen LogP contribution in [0.15, 0.2) is 53.4 Å². The molecule has 0 bridgehead atoms. The highest BCUT2D eigenvalue weighted by molar-refractivity contribution is 7.92. The fourth-order valence-electron chi connectivity index (χ4n) is 2.96. The summed E-state index contributed by atoms with van der Waals surface area (Å²) in [5.74, 6) is 0. The van der Waals surface area contributed by atoms with E-state index in [0.717, 1.165) is 30.5 Å². The lowest BCUT2D eigenvalue weighted by atomic mass is 10.1. The molecule has 0 spiro atoms. The summed E-state index contributed by atoms with van der Waals surface area (Å²) >= 11 is 4.92.